The lowest BCUT2D eigenvalue weighted by Crippen LogP contribution is -2.29. The highest BCUT2D eigenvalue weighted by atomic mass is 31.2. The molecule has 0 aromatic rings. The van der Waals surface area contributed by atoms with Crippen molar-refractivity contribution in [3.63, 3.8) is 0 Å². The zero-order valence-corrected chi connectivity index (χ0v) is 39.1. The maximum Gasteiger partial charge on any atom is 0.472 e. The topological polar surface area (TPSA) is 134 Å². The van der Waals surface area contributed by atoms with Crippen molar-refractivity contribution >= 4 is 19.8 Å². The lowest BCUT2D eigenvalue weighted by molar-refractivity contribution is -0.161. The summed E-state index contributed by atoms with van der Waals surface area (Å²) in [5.41, 5.74) is 5.35. The van der Waals surface area contributed by atoms with Crippen LogP contribution in [0, 0.1) is 0 Å². The average molecular weight is 854 g/mol. The number of hydrogen-bond acceptors (Lipinski definition) is 8. The van der Waals surface area contributed by atoms with Crippen LogP contribution in [-0.4, -0.2) is 49.3 Å². The molecule has 0 aliphatic carbocycles. The molecule has 0 radical (unpaired) electrons. The molecule has 59 heavy (non-hydrogen) atoms. The van der Waals surface area contributed by atoms with Crippen LogP contribution in [0.3, 0.4) is 0 Å². The minimum absolute atomic E-state index is 0.0475. The van der Waals surface area contributed by atoms with Crippen molar-refractivity contribution in [1.29, 1.82) is 0 Å². The highest BCUT2D eigenvalue weighted by Gasteiger charge is 2.26. The standard InChI is InChI=1S/C49H92NO8P/c1-3-5-7-9-11-13-15-17-19-20-21-22-23-24-25-26-28-30-32-34-36-38-40-42-49(52)58-47(46-57-59(53,54)56-44-43-50)45-55-48(51)41-39-37-35-33-31-29-27-18-16-14-12-10-8-6-4-2/h14,16,18,27,34,36,47H,3-13,15,17,19-26,28-33,35,37-46,50H2,1-2H3,(H,53,54)/b16-14+,27-18+,36-34+/t47-/m1/s1. The van der Waals surface area contributed by atoms with E-state index in [2.05, 4.69) is 50.3 Å². The van der Waals surface area contributed by atoms with Gasteiger partial charge in [-0.1, -0.05) is 198 Å². The maximum absolute atomic E-state index is 12.6. The van der Waals surface area contributed by atoms with Gasteiger partial charge in [-0.25, -0.2) is 4.57 Å². The van der Waals surface area contributed by atoms with E-state index in [1.54, 1.807) is 0 Å². The number of allylic oxidation sites excluding steroid dienone is 6. The zero-order valence-electron chi connectivity index (χ0n) is 38.2. The second-order valence-corrected chi connectivity index (χ2v) is 17.8. The number of ether oxygens (including phenoxy) is 2. The van der Waals surface area contributed by atoms with Crippen LogP contribution in [0.5, 0.6) is 0 Å². The predicted molar refractivity (Wildman–Crippen MR) is 247 cm³/mol. The summed E-state index contributed by atoms with van der Waals surface area (Å²) in [6.07, 6.45) is 51.9. The molecule has 0 bridgehead atoms. The summed E-state index contributed by atoms with van der Waals surface area (Å²) < 4.78 is 32.8. The van der Waals surface area contributed by atoms with E-state index in [4.69, 9.17) is 24.3 Å². The van der Waals surface area contributed by atoms with E-state index in [0.29, 0.717) is 12.8 Å². The van der Waals surface area contributed by atoms with E-state index < -0.39 is 32.5 Å². The second-order valence-electron chi connectivity index (χ2n) is 16.4. The Morgan fingerprint density at radius 3 is 1.37 bits per heavy atom. The van der Waals surface area contributed by atoms with E-state index in [1.165, 1.54) is 141 Å². The van der Waals surface area contributed by atoms with Crippen LogP contribution < -0.4 is 5.73 Å². The highest BCUT2D eigenvalue weighted by molar-refractivity contribution is 7.47. The van der Waals surface area contributed by atoms with Gasteiger partial charge in [-0.3, -0.25) is 18.6 Å². The first-order chi connectivity index (χ1) is 28.8. The van der Waals surface area contributed by atoms with Crippen LogP contribution >= 0.6 is 7.82 Å². The SMILES string of the molecule is CCCCCC/C=C/C=C/CCCCCCCC(=O)OC[C@H](COP(=O)(O)OCCN)OC(=O)CCC/C=C/CCCCCCCCCCCCCCCCCCCC. The Morgan fingerprint density at radius 1 is 0.508 bits per heavy atom. The van der Waals surface area contributed by atoms with Crippen molar-refractivity contribution in [3.8, 4) is 0 Å². The second kappa shape index (κ2) is 45.7. The van der Waals surface area contributed by atoms with Gasteiger partial charge in [0.1, 0.15) is 6.61 Å². The predicted octanol–water partition coefficient (Wildman–Crippen LogP) is 14.5. The van der Waals surface area contributed by atoms with E-state index in [-0.39, 0.29) is 32.6 Å². The lowest BCUT2D eigenvalue weighted by Gasteiger charge is -2.19. The van der Waals surface area contributed by atoms with E-state index in [9.17, 15) is 19.0 Å². The van der Waals surface area contributed by atoms with Gasteiger partial charge < -0.3 is 20.1 Å². The fourth-order valence-electron chi connectivity index (χ4n) is 6.87. The Bertz CT molecular complexity index is 1060. The van der Waals surface area contributed by atoms with Gasteiger partial charge in [0.05, 0.1) is 13.2 Å². The first-order valence-electron chi connectivity index (χ1n) is 24.5. The van der Waals surface area contributed by atoms with Crippen LogP contribution in [0.2, 0.25) is 0 Å². The third kappa shape index (κ3) is 45.6. The van der Waals surface area contributed by atoms with E-state index in [0.717, 1.165) is 51.4 Å². The Kier molecular flexibility index (Phi) is 44.4. The van der Waals surface area contributed by atoms with Crippen LogP contribution in [-0.2, 0) is 32.7 Å². The summed E-state index contributed by atoms with van der Waals surface area (Å²) in [6.45, 7) is 3.69. The molecule has 2 atom stereocenters. The summed E-state index contributed by atoms with van der Waals surface area (Å²) in [7, 11) is -4.39. The van der Waals surface area contributed by atoms with E-state index in [1.807, 2.05) is 0 Å². The van der Waals surface area contributed by atoms with Gasteiger partial charge in [-0.15, -0.1) is 0 Å². The minimum Gasteiger partial charge on any atom is -0.462 e. The number of esters is 2. The molecule has 0 spiro atoms. The van der Waals surface area contributed by atoms with Crippen molar-refractivity contribution in [2.45, 2.75) is 238 Å². The van der Waals surface area contributed by atoms with Crippen molar-refractivity contribution in [2.75, 3.05) is 26.4 Å². The van der Waals surface area contributed by atoms with Crippen LogP contribution in [0.25, 0.3) is 0 Å². The Balaban J connectivity index is 4.08. The Labute approximate surface area is 363 Å². The minimum atomic E-state index is -4.39. The van der Waals surface area contributed by atoms with Crippen molar-refractivity contribution in [1.82, 2.24) is 0 Å². The molecule has 0 fully saturated rings. The number of unbranched alkanes of at least 4 members (excludes halogenated alkanes) is 28. The Morgan fingerprint density at radius 2 is 0.898 bits per heavy atom. The van der Waals surface area contributed by atoms with Crippen molar-refractivity contribution in [3.05, 3.63) is 36.5 Å². The molecule has 0 aliphatic rings. The van der Waals surface area contributed by atoms with Gasteiger partial charge in [0, 0.05) is 19.4 Å². The van der Waals surface area contributed by atoms with Gasteiger partial charge >= 0.3 is 19.8 Å². The molecular formula is C49H92NO8P. The molecule has 0 aromatic heterocycles. The van der Waals surface area contributed by atoms with Gasteiger partial charge in [0.25, 0.3) is 0 Å². The van der Waals surface area contributed by atoms with Gasteiger partial charge in [0.2, 0.25) is 0 Å². The zero-order chi connectivity index (χ0) is 43.2. The summed E-state index contributed by atoms with van der Waals surface area (Å²) in [5.74, 6) is -0.877. The monoisotopic (exact) mass is 854 g/mol. The number of carbonyl (C=O) groups is 2. The molecule has 0 aliphatic heterocycles. The summed E-state index contributed by atoms with van der Waals surface area (Å²) in [5, 5.41) is 0. The number of rotatable bonds is 46. The number of phosphoric acid groups is 1. The maximum atomic E-state index is 12.6. The van der Waals surface area contributed by atoms with Gasteiger partial charge in [-0.05, 0) is 57.8 Å². The lowest BCUT2D eigenvalue weighted by atomic mass is 10.0. The summed E-state index contributed by atoms with van der Waals surface area (Å²) in [4.78, 5) is 34.9. The third-order valence-electron chi connectivity index (χ3n) is 10.5. The van der Waals surface area contributed by atoms with Crippen molar-refractivity contribution < 1.29 is 37.6 Å². The summed E-state index contributed by atoms with van der Waals surface area (Å²) >= 11 is 0. The van der Waals surface area contributed by atoms with Crippen LogP contribution in [0.4, 0.5) is 0 Å². The molecule has 0 amide bonds. The molecule has 0 saturated carbocycles. The molecule has 3 N–H and O–H groups in total. The van der Waals surface area contributed by atoms with Crippen LogP contribution in [0.1, 0.15) is 232 Å². The third-order valence-corrected chi connectivity index (χ3v) is 11.5. The molecule has 0 aromatic carbocycles. The molecular weight excluding hydrogens is 762 g/mol. The number of phosphoric ester groups is 1. The molecule has 0 rings (SSSR count). The summed E-state index contributed by atoms with van der Waals surface area (Å²) in [6, 6.07) is 0. The molecule has 1 unspecified atom stereocenters. The molecule has 9 nitrogen and oxygen atoms in total. The molecule has 10 heteroatoms. The molecule has 346 valence electrons. The van der Waals surface area contributed by atoms with Crippen molar-refractivity contribution in [2.24, 2.45) is 5.73 Å². The molecule has 0 heterocycles. The fraction of sp³-hybridized carbons (Fsp3) is 0.837. The Hall–Kier alpha value is -1.77. The molecule has 0 saturated heterocycles. The smallest absolute Gasteiger partial charge is 0.462 e. The largest absolute Gasteiger partial charge is 0.472 e. The first-order valence-corrected chi connectivity index (χ1v) is 26.0. The fourth-order valence-corrected chi connectivity index (χ4v) is 7.63. The van der Waals surface area contributed by atoms with Gasteiger partial charge in [0.15, 0.2) is 6.10 Å². The highest BCUT2D eigenvalue weighted by Crippen LogP contribution is 2.43. The van der Waals surface area contributed by atoms with Gasteiger partial charge in [-0.2, -0.15) is 0 Å². The number of nitrogens with two attached hydrogens (primary N) is 1. The quantitative estimate of drug-likeness (QED) is 0.0202. The van der Waals surface area contributed by atoms with E-state index >= 15 is 0 Å². The number of carbonyl (C=O) groups excluding carboxylic acids is 2. The van der Waals surface area contributed by atoms with Crippen LogP contribution in [0.15, 0.2) is 36.5 Å². The normalized spacial score (nSPS) is 13.5. The number of hydrogen-bond donors (Lipinski definition) is 2. The average Bonchev–Trinajstić information content (AvgIpc) is 3.22. The first kappa shape index (κ1) is 57.2.